The molecule has 5 nitrogen and oxygen atoms in total. The van der Waals surface area contributed by atoms with Crippen LogP contribution in [0.2, 0.25) is 0 Å². The van der Waals surface area contributed by atoms with E-state index < -0.39 is 0 Å². The lowest BCUT2D eigenvalue weighted by molar-refractivity contribution is 0.105. The Balaban J connectivity index is 1.77. The van der Waals surface area contributed by atoms with E-state index in [0.717, 1.165) is 29.8 Å². The molecule has 1 aromatic heterocycles. The summed E-state index contributed by atoms with van der Waals surface area (Å²) in [5, 5.41) is 9.64. The van der Waals surface area contributed by atoms with Crippen LogP contribution in [-0.2, 0) is 4.74 Å². The van der Waals surface area contributed by atoms with E-state index in [-0.39, 0.29) is 12.1 Å². The molecule has 2 aromatic rings. The first kappa shape index (κ1) is 18.3. The summed E-state index contributed by atoms with van der Waals surface area (Å²) in [5.41, 5.74) is 1.79. The Morgan fingerprint density at radius 1 is 1.25 bits per heavy atom. The first-order valence-corrected chi connectivity index (χ1v) is 8.99. The molecule has 0 aliphatic rings. The fourth-order valence-corrected chi connectivity index (χ4v) is 2.83. The molecule has 24 heavy (non-hydrogen) atoms. The molecule has 0 fully saturated rings. The number of ether oxygens (including phenoxy) is 2. The van der Waals surface area contributed by atoms with Crippen molar-refractivity contribution in [3.8, 4) is 5.75 Å². The maximum atomic E-state index is 12.0. The maximum absolute atomic E-state index is 12.0. The summed E-state index contributed by atoms with van der Waals surface area (Å²) >= 11 is 1.61. The van der Waals surface area contributed by atoms with E-state index in [1.165, 1.54) is 0 Å². The first-order valence-electron chi connectivity index (χ1n) is 8.05. The van der Waals surface area contributed by atoms with E-state index in [2.05, 4.69) is 17.6 Å². The Labute approximate surface area is 147 Å². The van der Waals surface area contributed by atoms with Crippen LogP contribution in [0.5, 0.6) is 5.75 Å². The molecule has 2 amide bonds. The number of anilines is 1. The van der Waals surface area contributed by atoms with Crippen molar-refractivity contribution in [2.75, 3.05) is 25.6 Å². The van der Waals surface area contributed by atoms with Crippen LogP contribution in [0.15, 0.2) is 41.1 Å². The van der Waals surface area contributed by atoms with Gasteiger partial charge in [-0.15, -0.1) is 0 Å². The molecule has 6 heteroatoms. The lowest BCUT2D eigenvalue weighted by Crippen LogP contribution is -2.32. The van der Waals surface area contributed by atoms with Gasteiger partial charge < -0.3 is 20.1 Å². The minimum Gasteiger partial charge on any atom is -0.494 e. The van der Waals surface area contributed by atoms with E-state index in [4.69, 9.17) is 9.47 Å². The number of hydrogen-bond acceptors (Lipinski definition) is 4. The predicted molar refractivity (Wildman–Crippen MR) is 97.9 cm³/mol. The van der Waals surface area contributed by atoms with Crippen LogP contribution < -0.4 is 15.4 Å². The zero-order valence-corrected chi connectivity index (χ0v) is 14.9. The third-order valence-corrected chi connectivity index (χ3v) is 4.23. The number of rotatable bonds is 9. The summed E-state index contributed by atoms with van der Waals surface area (Å²) in [4.78, 5) is 12.0. The molecule has 0 saturated heterocycles. The van der Waals surface area contributed by atoms with E-state index in [0.29, 0.717) is 13.2 Å². The summed E-state index contributed by atoms with van der Waals surface area (Å²) in [6.07, 6.45) is 2.00. The van der Waals surface area contributed by atoms with Gasteiger partial charge >= 0.3 is 6.03 Å². The van der Waals surface area contributed by atoms with Crippen molar-refractivity contribution in [2.24, 2.45) is 0 Å². The quantitative estimate of drug-likeness (QED) is 0.659. The molecule has 0 aliphatic heterocycles. The average molecular weight is 348 g/mol. The third kappa shape index (κ3) is 5.86. The van der Waals surface area contributed by atoms with Gasteiger partial charge in [-0.25, -0.2) is 4.79 Å². The van der Waals surface area contributed by atoms with Gasteiger partial charge in [-0.3, -0.25) is 0 Å². The summed E-state index contributed by atoms with van der Waals surface area (Å²) in [6, 6.07) is 9.10. The van der Waals surface area contributed by atoms with Crippen LogP contribution in [0.25, 0.3) is 0 Å². The van der Waals surface area contributed by atoms with Crippen LogP contribution in [0.1, 0.15) is 31.4 Å². The molecule has 1 aromatic carbocycles. The molecule has 0 radical (unpaired) electrons. The fraction of sp³-hybridized carbons (Fsp3) is 0.389. The van der Waals surface area contributed by atoms with Crippen LogP contribution in [-0.4, -0.2) is 26.3 Å². The van der Waals surface area contributed by atoms with Gasteiger partial charge in [0, 0.05) is 19.3 Å². The number of unbranched alkanes of at least 4 members (excludes halogenated alkanes) is 1. The topological polar surface area (TPSA) is 59.6 Å². The Bertz CT molecular complexity index is 599. The smallest absolute Gasteiger partial charge is 0.319 e. The molecule has 0 aliphatic carbocycles. The Hall–Kier alpha value is -2.05. The second kappa shape index (κ2) is 9.95. The average Bonchev–Trinajstić information content (AvgIpc) is 3.12. The Kier molecular flexibility index (Phi) is 7.58. The van der Waals surface area contributed by atoms with Gasteiger partial charge in [0.2, 0.25) is 0 Å². The van der Waals surface area contributed by atoms with Gasteiger partial charge in [-0.05, 0) is 53.1 Å². The normalized spacial score (nSPS) is 11.8. The third-order valence-electron chi connectivity index (χ3n) is 3.53. The van der Waals surface area contributed by atoms with Gasteiger partial charge in [-0.1, -0.05) is 13.3 Å². The first-order chi connectivity index (χ1) is 11.7. The van der Waals surface area contributed by atoms with Gasteiger partial charge in [0.25, 0.3) is 0 Å². The van der Waals surface area contributed by atoms with E-state index in [9.17, 15) is 4.79 Å². The van der Waals surface area contributed by atoms with Crippen LogP contribution in [0.4, 0.5) is 10.5 Å². The van der Waals surface area contributed by atoms with Crippen LogP contribution in [0.3, 0.4) is 0 Å². The number of thiophene rings is 1. The molecule has 1 unspecified atom stereocenters. The zero-order valence-electron chi connectivity index (χ0n) is 14.1. The van der Waals surface area contributed by atoms with Crippen molar-refractivity contribution in [1.82, 2.24) is 5.32 Å². The number of amides is 2. The maximum Gasteiger partial charge on any atom is 0.319 e. The van der Waals surface area contributed by atoms with E-state index in [1.54, 1.807) is 18.4 Å². The minimum atomic E-state index is -0.257. The fourth-order valence-electron chi connectivity index (χ4n) is 2.13. The standard InChI is InChI=1S/C18H24N2O3S/c1-3-4-10-23-16-7-5-15(6-8-16)20-18(21)19-12-17(22-2)14-9-11-24-13-14/h5-9,11,13,17H,3-4,10,12H2,1-2H3,(H2,19,20,21). The minimum absolute atomic E-state index is 0.142. The van der Waals surface area contributed by atoms with Gasteiger partial charge in [0.15, 0.2) is 0 Å². The molecule has 2 rings (SSSR count). The number of benzene rings is 1. The molecule has 0 bridgehead atoms. The summed E-state index contributed by atoms with van der Waals surface area (Å²) < 4.78 is 11.0. The highest BCUT2D eigenvalue weighted by atomic mass is 32.1. The van der Waals surface area contributed by atoms with E-state index >= 15 is 0 Å². The van der Waals surface area contributed by atoms with Crippen LogP contribution in [0, 0.1) is 0 Å². The predicted octanol–water partition coefficient (Wildman–Crippen LogP) is 4.44. The van der Waals surface area contributed by atoms with Crippen molar-refractivity contribution in [3.63, 3.8) is 0 Å². The second-order valence-electron chi connectivity index (χ2n) is 5.34. The molecular weight excluding hydrogens is 324 g/mol. The molecule has 1 heterocycles. The number of carbonyl (C=O) groups is 1. The van der Waals surface area contributed by atoms with Gasteiger partial charge in [0.1, 0.15) is 11.9 Å². The number of carbonyl (C=O) groups excluding carboxylic acids is 1. The molecular formula is C18H24N2O3S. The van der Waals surface area contributed by atoms with Gasteiger partial charge in [-0.2, -0.15) is 11.3 Å². The number of methoxy groups -OCH3 is 1. The van der Waals surface area contributed by atoms with Crippen molar-refractivity contribution in [3.05, 3.63) is 46.7 Å². The SMILES string of the molecule is CCCCOc1ccc(NC(=O)NCC(OC)c2ccsc2)cc1. The highest BCUT2D eigenvalue weighted by Gasteiger charge is 2.12. The molecule has 1 atom stereocenters. The zero-order chi connectivity index (χ0) is 17.2. The van der Waals surface area contributed by atoms with E-state index in [1.807, 2.05) is 41.1 Å². The summed E-state index contributed by atoms with van der Waals surface area (Å²) in [6.45, 7) is 3.25. The highest BCUT2D eigenvalue weighted by Crippen LogP contribution is 2.19. The van der Waals surface area contributed by atoms with Crippen LogP contribution >= 0.6 is 11.3 Å². The summed E-state index contributed by atoms with van der Waals surface area (Å²) in [7, 11) is 1.64. The highest BCUT2D eigenvalue weighted by molar-refractivity contribution is 7.07. The number of urea groups is 1. The Morgan fingerprint density at radius 3 is 2.67 bits per heavy atom. The summed E-state index contributed by atoms with van der Waals surface area (Å²) in [5.74, 6) is 0.811. The monoisotopic (exact) mass is 348 g/mol. The molecule has 2 N–H and O–H groups in total. The lowest BCUT2D eigenvalue weighted by Gasteiger charge is -2.15. The number of hydrogen-bond donors (Lipinski definition) is 2. The van der Waals surface area contributed by atoms with Crippen molar-refractivity contribution >= 4 is 23.1 Å². The van der Waals surface area contributed by atoms with Gasteiger partial charge in [0.05, 0.1) is 6.61 Å². The Morgan fingerprint density at radius 2 is 2.04 bits per heavy atom. The molecule has 0 saturated carbocycles. The lowest BCUT2D eigenvalue weighted by atomic mass is 10.2. The molecule has 130 valence electrons. The molecule has 0 spiro atoms. The van der Waals surface area contributed by atoms with Crippen molar-refractivity contribution in [1.29, 1.82) is 0 Å². The van der Waals surface area contributed by atoms with Crippen molar-refractivity contribution < 1.29 is 14.3 Å². The number of nitrogens with one attached hydrogen (secondary N) is 2. The van der Waals surface area contributed by atoms with Crippen molar-refractivity contribution in [2.45, 2.75) is 25.9 Å². The second-order valence-corrected chi connectivity index (χ2v) is 6.12. The largest absolute Gasteiger partial charge is 0.494 e.